The minimum Gasteiger partial charge on any atom is -0.264 e. The van der Waals surface area contributed by atoms with E-state index in [-0.39, 0.29) is 11.4 Å². The maximum atomic E-state index is 12.3. The normalized spacial score (nSPS) is 11.4. The molecular formula is C17H14BrN3O2S. The number of nitrogens with one attached hydrogen (secondary N) is 1. The van der Waals surface area contributed by atoms with Crippen LogP contribution in [-0.4, -0.2) is 18.4 Å². The van der Waals surface area contributed by atoms with Crippen LogP contribution in [0.25, 0.3) is 11.3 Å². The number of aromatic nitrogens is 2. The fraction of sp³-hybridized carbons (Fsp3) is 0.0588. The molecule has 7 heteroatoms. The summed E-state index contributed by atoms with van der Waals surface area (Å²) in [4.78, 5) is 8.63. The summed E-state index contributed by atoms with van der Waals surface area (Å²) in [6, 6.07) is 14.2. The molecule has 0 saturated carbocycles. The van der Waals surface area contributed by atoms with Crippen LogP contribution in [0.3, 0.4) is 0 Å². The molecular weight excluding hydrogens is 390 g/mol. The summed E-state index contributed by atoms with van der Waals surface area (Å²) in [5, 5.41) is 0. The lowest BCUT2D eigenvalue weighted by Crippen LogP contribution is -2.23. The van der Waals surface area contributed by atoms with Crippen molar-refractivity contribution in [2.45, 2.75) is 11.4 Å². The summed E-state index contributed by atoms with van der Waals surface area (Å²) in [5.41, 5.74) is 2.48. The molecule has 3 aromatic rings. The first-order chi connectivity index (χ1) is 11.6. The molecule has 5 nitrogen and oxygen atoms in total. The molecule has 0 amide bonds. The Morgan fingerprint density at radius 1 is 1.00 bits per heavy atom. The molecule has 0 bridgehead atoms. The Labute approximate surface area is 149 Å². The highest BCUT2D eigenvalue weighted by molar-refractivity contribution is 9.10. The largest absolute Gasteiger partial charge is 0.264 e. The zero-order valence-electron chi connectivity index (χ0n) is 12.6. The number of hydrogen-bond acceptors (Lipinski definition) is 4. The van der Waals surface area contributed by atoms with Gasteiger partial charge in [-0.2, -0.15) is 0 Å². The van der Waals surface area contributed by atoms with Crippen LogP contribution in [0.4, 0.5) is 0 Å². The van der Waals surface area contributed by atoms with Gasteiger partial charge in [0, 0.05) is 35.2 Å². The van der Waals surface area contributed by atoms with Gasteiger partial charge in [0.2, 0.25) is 10.0 Å². The minimum atomic E-state index is -3.59. The van der Waals surface area contributed by atoms with Gasteiger partial charge < -0.3 is 0 Å². The van der Waals surface area contributed by atoms with Crippen molar-refractivity contribution in [3.63, 3.8) is 0 Å². The number of pyridine rings is 2. The molecule has 2 heterocycles. The zero-order valence-corrected chi connectivity index (χ0v) is 15.0. The summed E-state index contributed by atoms with van der Waals surface area (Å²) >= 11 is 3.26. The third-order valence-corrected chi connectivity index (χ3v) is 5.79. The van der Waals surface area contributed by atoms with Crippen molar-refractivity contribution in [2.24, 2.45) is 0 Å². The monoisotopic (exact) mass is 403 g/mol. The minimum absolute atomic E-state index is 0.171. The highest BCUT2D eigenvalue weighted by Gasteiger charge is 2.16. The maximum Gasteiger partial charge on any atom is 0.241 e. The van der Waals surface area contributed by atoms with E-state index >= 15 is 0 Å². The average molecular weight is 404 g/mol. The van der Waals surface area contributed by atoms with Crippen LogP contribution in [0.15, 0.2) is 76.5 Å². The summed E-state index contributed by atoms with van der Waals surface area (Å²) in [6.45, 7) is 0.171. The van der Waals surface area contributed by atoms with E-state index in [1.165, 1.54) is 0 Å². The standard InChI is InChI=1S/C17H14BrN3O2S/c18-15-5-1-2-6-17(15)24(22,23)21-11-13-7-8-16(20-10-13)14-4-3-9-19-12-14/h1-10,12,21H,11H2. The van der Waals surface area contributed by atoms with Crippen LogP contribution < -0.4 is 4.72 Å². The van der Waals surface area contributed by atoms with Gasteiger partial charge in [0.1, 0.15) is 0 Å². The first kappa shape index (κ1) is 16.8. The van der Waals surface area contributed by atoms with Crippen molar-refractivity contribution in [3.05, 3.63) is 77.2 Å². The van der Waals surface area contributed by atoms with Gasteiger partial charge in [-0.05, 0) is 51.8 Å². The van der Waals surface area contributed by atoms with Crippen LogP contribution in [-0.2, 0) is 16.6 Å². The van der Waals surface area contributed by atoms with Crippen LogP contribution in [0.5, 0.6) is 0 Å². The fourth-order valence-electron chi connectivity index (χ4n) is 2.13. The Bertz CT molecular complexity index is 930. The van der Waals surface area contributed by atoms with Gasteiger partial charge in [0.25, 0.3) is 0 Å². The lowest BCUT2D eigenvalue weighted by molar-refractivity contribution is 0.580. The average Bonchev–Trinajstić information content (AvgIpc) is 2.61. The van der Waals surface area contributed by atoms with Crippen LogP contribution in [0.1, 0.15) is 5.56 Å². The van der Waals surface area contributed by atoms with E-state index < -0.39 is 10.0 Å². The summed E-state index contributed by atoms with van der Waals surface area (Å²) < 4.78 is 27.8. The second-order valence-corrected chi connectivity index (χ2v) is 7.64. The molecule has 0 aliphatic rings. The Hall–Kier alpha value is -2.09. The first-order valence-corrected chi connectivity index (χ1v) is 9.43. The van der Waals surface area contributed by atoms with Crippen molar-refractivity contribution in [1.82, 2.24) is 14.7 Å². The molecule has 0 spiro atoms. The molecule has 1 aromatic carbocycles. The van der Waals surface area contributed by atoms with Crippen LogP contribution >= 0.6 is 15.9 Å². The molecule has 3 rings (SSSR count). The predicted octanol–water partition coefficient (Wildman–Crippen LogP) is 3.38. The van der Waals surface area contributed by atoms with Gasteiger partial charge in [-0.1, -0.05) is 18.2 Å². The quantitative estimate of drug-likeness (QED) is 0.708. The second kappa shape index (κ2) is 7.21. The number of benzene rings is 1. The Kier molecular flexibility index (Phi) is 5.03. The van der Waals surface area contributed by atoms with Crippen LogP contribution in [0, 0.1) is 0 Å². The summed E-state index contributed by atoms with van der Waals surface area (Å²) in [5.74, 6) is 0. The molecule has 122 valence electrons. The number of rotatable bonds is 5. The first-order valence-electron chi connectivity index (χ1n) is 7.16. The molecule has 0 fully saturated rings. The van der Waals surface area contributed by atoms with Crippen molar-refractivity contribution in [1.29, 1.82) is 0 Å². The molecule has 0 unspecified atom stereocenters. The van der Waals surface area contributed by atoms with E-state index in [2.05, 4.69) is 30.6 Å². The van der Waals surface area contributed by atoms with Gasteiger partial charge >= 0.3 is 0 Å². The topological polar surface area (TPSA) is 72.0 Å². The summed E-state index contributed by atoms with van der Waals surface area (Å²) in [6.07, 6.45) is 5.09. The van der Waals surface area contributed by atoms with E-state index in [4.69, 9.17) is 0 Å². The molecule has 0 aliphatic carbocycles. The molecule has 0 saturated heterocycles. The highest BCUT2D eigenvalue weighted by atomic mass is 79.9. The van der Waals surface area contributed by atoms with Crippen molar-refractivity contribution >= 4 is 26.0 Å². The smallest absolute Gasteiger partial charge is 0.241 e. The van der Waals surface area contributed by atoms with Crippen molar-refractivity contribution in [2.75, 3.05) is 0 Å². The summed E-state index contributed by atoms with van der Waals surface area (Å²) in [7, 11) is -3.59. The fourth-order valence-corrected chi connectivity index (χ4v) is 4.15. The number of hydrogen-bond donors (Lipinski definition) is 1. The predicted molar refractivity (Wildman–Crippen MR) is 95.6 cm³/mol. The van der Waals surface area contributed by atoms with E-state index in [9.17, 15) is 8.42 Å². The Morgan fingerprint density at radius 2 is 1.83 bits per heavy atom. The molecule has 0 atom stereocenters. The third-order valence-electron chi connectivity index (χ3n) is 3.37. The van der Waals surface area contributed by atoms with Gasteiger partial charge in [0.15, 0.2) is 0 Å². The van der Waals surface area contributed by atoms with Gasteiger partial charge in [0.05, 0.1) is 10.6 Å². The second-order valence-electron chi connectivity index (χ2n) is 5.05. The Morgan fingerprint density at radius 3 is 2.50 bits per heavy atom. The van der Waals surface area contributed by atoms with E-state index in [0.29, 0.717) is 4.47 Å². The van der Waals surface area contributed by atoms with Crippen molar-refractivity contribution in [3.8, 4) is 11.3 Å². The Balaban J connectivity index is 1.72. The van der Waals surface area contributed by atoms with Crippen molar-refractivity contribution < 1.29 is 8.42 Å². The number of nitrogens with zero attached hydrogens (tertiary/aromatic N) is 2. The molecule has 2 aromatic heterocycles. The lowest BCUT2D eigenvalue weighted by Gasteiger charge is -2.08. The lowest BCUT2D eigenvalue weighted by atomic mass is 10.1. The van der Waals surface area contributed by atoms with Gasteiger partial charge in [-0.25, -0.2) is 13.1 Å². The molecule has 0 radical (unpaired) electrons. The van der Waals surface area contributed by atoms with E-state index in [0.717, 1.165) is 16.8 Å². The SMILES string of the molecule is O=S(=O)(NCc1ccc(-c2cccnc2)nc1)c1ccccc1Br. The number of halogens is 1. The van der Waals surface area contributed by atoms with E-state index in [1.807, 2.05) is 24.3 Å². The molecule has 1 N–H and O–H groups in total. The molecule has 24 heavy (non-hydrogen) atoms. The van der Waals surface area contributed by atoms with Gasteiger partial charge in [-0.3, -0.25) is 9.97 Å². The third kappa shape index (κ3) is 3.87. The highest BCUT2D eigenvalue weighted by Crippen LogP contribution is 2.21. The maximum absolute atomic E-state index is 12.3. The van der Waals surface area contributed by atoms with E-state index in [1.54, 1.807) is 42.9 Å². The number of sulfonamides is 1. The van der Waals surface area contributed by atoms with Gasteiger partial charge in [-0.15, -0.1) is 0 Å². The van der Waals surface area contributed by atoms with Crippen LogP contribution in [0.2, 0.25) is 0 Å². The molecule has 0 aliphatic heterocycles. The zero-order chi connectivity index (χ0) is 17.0.